The van der Waals surface area contributed by atoms with E-state index in [0.717, 1.165) is 141 Å². The third kappa shape index (κ3) is 73.4. The lowest BCUT2D eigenvalue weighted by molar-refractivity contribution is -0.870. The number of aliphatic carboxylic acids is 1. The monoisotopic (exact) mass is 1290 g/mol. The second kappa shape index (κ2) is 72.0. The van der Waals surface area contributed by atoms with E-state index in [1.807, 2.05) is 21.1 Å². The summed E-state index contributed by atoms with van der Waals surface area (Å²) in [4.78, 5) is 37.7. The molecule has 0 bridgehead atoms. The van der Waals surface area contributed by atoms with Gasteiger partial charge in [-0.1, -0.05) is 298 Å². The van der Waals surface area contributed by atoms with E-state index in [4.69, 9.17) is 18.9 Å². The summed E-state index contributed by atoms with van der Waals surface area (Å²) in [5, 5.41) is 9.76. The van der Waals surface area contributed by atoms with E-state index in [9.17, 15) is 19.5 Å². The van der Waals surface area contributed by atoms with Crippen LogP contribution in [-0.4, -0.2) is 87.4 Å². The van der Waals surface area contributed by atoms with Crippen LogP contribution in [0.3, 0.4) is 0 Å². The van der Waals surface area contributed by atoms with Gasteiger partial charge in [-0.2, -0.15) is 0 Å². The van der Waals surface area contributed by atoms with Crippen LogP contribution in [0.25, 0.3) is 0 Å². The molecule has 0 heterocycles. The molecule has 522 valence electrons. The third-order valence-electron chi connectivity index (χ3n) is 14.8. The van der Waals surface area contributed by atoms with Gasteiger partial charge in [-0.15, -0.1) is 0 Å². The topological polar surface area (TPSA) is 108 Å². The summed E-state index contributed by atoms with van der Waals surface area (Å²) < 4.78 is 22.9. The Hall–Kier alpha value is -5.87. The molecule has 0 aromatic carbocycles. The molecule has 0 spiro atoms. The molecule has 0 rings (SSSR count). The summed E-state index contributed by atoms with van der Waals surface area (Å²) in [5.41, 5.74) is 0. The quantitative estimate of drug-likeness (QED) is 0.0211. The van der Waals surface area contributed by atoms with Crippen LogP contribution < -0.4 is 0 Å². The van der Waals surface area contributed by atoms with Crippen molar-refractivity contribution in [2.45, 2.75) is 270 Å². The highest BCUT2D eigenvalue weighted by Gasteiger charge is 2.25. The maximum atomic E-state index is 12.9. The molecule has 0 radical (unpaired) electrons. The first-order chi connectivity index (χ1) is 45.6. The fourth-order valence-corrected chi connectivity index (χ4v) is 9.34. The van der Waals surface area contributed by atoms with Crippen molar-refractivity contribution in [3.8, 4) is 0 Å². The SMILES string of the molecule is CC/C=C\C/C=C\C/C=C\C/C=C\C/C=C\C/C=C\C/C=C\C/C=C\C/C=C\C/C=C\C/C=C\CCCCCC(=O)OC(COC(=O)CCCCCCCCCCCCCCCCC/C=C\C/C=C\C/C=C\C/C=C\C/C=C\CC)COC(OCC[N+](C)(C)C)C(=O)O. The highest BCUT2D eigenvalue weighted by Crippen LogP contribution is 2.16. The second-order valence-electron chi connectivity index (χ2n) is 24.8. The van der Waals surface area contributed by atoms with E-state index < -0.39 is 24.3 Å². The largest absolute Gasteiger partial charge is 0.477 e. The number of nitrogens with zero attached hydrogens (tertiary/aromatic N) is 1. The lowest BCUT2D eigenvalue weighted by Gasteiger charge is -2.25. The summed E-state index contributed by atoms with van der Waals surface area (Å²) in [6.07, 6.45) is 108. The first-order valence-electron chi connectivity index (χ1n) is 36.6. The number of hydrogen-bond donors (Lipinski definition) is 1. The van der Waals surface area contributed by atoms with Crippen molar-refractivity contribution < 1.29 is 42.9 Å². The average molecular weight is 1290 g/mol. The molecule has 0 aromatic rings. The number of carbonyl (C=O) groups excluding carboxylic acids is 2. The molecule has 0 saturated heterocycles. The number of carboxylic acids is 1. The van der Waals surface area contributed by atoms with Crippen molar-refractivity contribution in [3.05, 3.63) is 194 Å². The zero-order chi connectivity index (χ0) is 67.5. The number of unbranched alkanes of at least 4 members (excludes halogenated alkanes) is 18. The first-order valence-corrected chi connectivity index (χ1v) is 36.6. The molecule has 9 nitrogen and oxygen atoms in total. The van der Waals surface area contributed by atoms with E-state index in [1.54, 1.807) is 0 Å². The lowest BCUT2D eigenvalue weighted by Crippen LogP contribution is -2.40. The minimum Gasteiger partial charge on any atom is -0.477 e. The first kappa shape index (κ1) is 87.1. The highest BCUT2D eigenvalue weighted by atomic mass is 16.7. The van der Waals surface area contributed by atoms with Gasteiger partial charge in [0.1, 0.15) is 13.2 Å². The average Bonchev–Trinajstić information content (AvgIpc) is 3.73. The van der Waals surface area contributed by atoms with Crippen LogP contribution in [0, 0.1) is 0 Å². The van der Waals surface area contributed by atoms with Gasteiger partial charge in [0, 0.05) is 12.8 Å². The van der Waals surface area contributed by atoms with Crippen molar-refractivity contribution in [1.29, 1.82) is 0 Å². The van der Waals surface area contributed by atoms with Crippen LogP contribution in [0.15, 0.2) is 194 Å². The van der Waals surface area contributed by atoms with Crippen LogP contribution in [-0.2, 0) is 33.3 Å². The van der Waals surface area contributed by atoms with Gasteiger partial charge in [-0.3, -0.25) is 9.59 Å². The zero-order valence-electron chi connectivity index (χ0n) is 59.6. The lowest BCUT2D eigenvalue weighted by atomic mass is 10.0. The molecule has 0 aliphatic carbocycles. The summed E-state index contributed by atoms with van der Waals surface area (Å²) >= 11 is 0. The fraction of sp³-hybridized carbons (Fsp3) is 0.583. The predicted octanol–water partition coefficient (Wildman–Crippen LogP) is 23.4. The zero-order valence-corrected chi connectivity index (χ0v) is 59.6. The van der Waals surface area contributed by atoms with Gasteiger partial charge in [0.2, 0.25) is 0 Å². The van der Waals surface area contributed by atoms with E-state index in [0.29, 0.717) is 17.4 Å². The summed E-state index contributed by atoms with van der Waals surface area (Å²) in [7, 11) is 5.95. The Morgan fingerprint density at radius 3 is 0.871 bits per heavy atom. The van der Waals surface area contributed by atoms with Crippen molar-refractivity contribution in [1.82, 2.24) is 0 Å². The summed E-state index contributed by atoms with van der Waals surface area (Å²) in [6, 6.07) is 0. The van der Waals surface area contributed by atoms with Crippen molar-refractivity contribution >= 4 is 17.9 Å². The minimum absolute atomic E-state index is 0.171. The number of carbonyl (C=O) groups is 3. The number of allylic oxidation sites excluding steroid dienone is 32. The Morgan fingerprint density at radius 2 is 0.581 bits per heavy atom. The maximum absolute atomic E-state index is 12.9. The molecular weight excluding hydrogens is 1150 g/mol. The van der Waals surface area contributed by atoms with Crippen LogP contribution in [0.1, 0.15) is 258 Å². The molecular formula is C84H134NO8+. The molecule has 93 heavy (non-hydrogen) atoms. The number of rotatable bonds is 65. The number of quaternary nitrogens is 1. The highest BCUT2D eigenvalue weighted by molar-refractivity contribution is 5.71. The van der Waals surface area contributed by atoms with Gasteiger partial charge in [0.15, 0.2) is 6.10 Å². The molecule has 0 saturated carbocycles. The fourth-order valence-electron chi connectivity index (χ4n) is 9.34. The van der Waals surface area contributed by atoms with Gasteiger partial charge in [-0.25, -0.2) is 4.79 Å². The summed E-state index contributed by atoms with van der Waals surface area (Å²) in [5.74, 6) is -2.07. The molecule has 9 heteroatoms. The number of esters is 2. The van der Waals surface area contributed by atoms with Crippen LogP contribution in [0.5, 0.6) is 0 Å². The van der Waals surface area contributed by atoms with Gasteiger partial charge in [0.05, 0.1) is 34.4 Å². The third-order valence-corrected chi connectivity index (χ3v) is 14.8. The molecule has 0 fully saturated rings. The van der Waals surface area contributed by atoms with Crippen molar-refractivity contribution in [3.63, 3.8) is 0 Å². The molecule has 1 N–H and O–H groups in total. The molecule has 0 aromatic heterocycles. The standard InChI is InChI=1S/C84H133NO8/c1-6-8-10-12-14-16-18-20-22-24-26-28-30-32-34-36-38-39-40-41-42-43-45-47-49-51-53-55-57-59-61-63-65-67-69-71-73-75-82(87)93-80(79-92-84(83(88)89)90-77-76-85(3,4)5)78-91-81(86)74-72-70-68-66-64-62-60-58-56-54-52-50-48-46-44-37-35-33-31-29-27-25-23-21-19-17-15-13-11-9-7-2/h8-11,14-17,20-23,26-29,32-35,38-39,41-42,45,47,51,53,57,59,63,65,80,84H,6-7,12-13,18-19,24-25,30-31,36-37,40,43-44,46,48-50,52,54-56,58,60-62,64,66-79H2,1-5H3/p+1/b10-8-,11-9-,16-14-,17-15-,22-20-,23-21-,28-26-,29-27-,34-32-,35-33-,39-38-,42-41-,47-45-,53-51-,59-57-,65-63-. The van der Waals surface area contributed by atoms with E-state index >= 15 is 0 Å². The molecule has 2 atom stereocenters. The molecule has 0 aliphatic heterocycles. The van der Waals surface area contributed by atoms with Crippen molar-refractivity contribution in [2.75, 3.05) is 47.5 Å². The van der Waals surface area contributed by atoms with E-state index in [-0.39, 0.29) is 38.6 Å². The van der Waals surface area contributed by atoms with Gasteiger partial charge >= 0.3 is 17.9 Å². The van der Waals surface area contributed by atoms with E-state index in [1.165, 1.54) is 83.5 Å². The molecule has 0 aliphatic rings. The van der Waals surface area contributed by atoms with Crippen LogP contribution in [0.4, 0.5) is 0 Å². The second-order valence-corrected chi connectivity index (χ2v) is 24.8. The number of ether oxygens (including phenoxy) is 4. The van der Waals surface area contributed by atoms with Crippen LogP contribution >= 0.6 is 0 Å². The van der Waals surface area contributed by atoms with Crippen LogP contribution in [0.2, 0.25) is 0 Å². The normalized spacial score (nSPS) is 13.9. The Balaban J connectivity index is 4.24. The smallest absolute Gasteiger partial charge is 0.361 e. The molecule has 0 amide bonds. The Kier molecular flexibility index (Phi) is 67.4. The Bertz CT molecular complexity index is 2230. The maximum Gasteiger partial charge on any atom is 0.361 e. The Morgan fingerprint density at radius 1 is 0.323 bits per heavy atom. The predicted molar refractivity (Wildman–Crippen MR) is 400 cm³/mol. The minimum atomic E-state index is -1.53. The summed E-state index contributed by atoms with van der Waals surface area (Å²) in [6.45, 7) is 4.60. The number of carboxylic acid groups (broad SMARTS) is 1. The number of likely N-dealkylation sites (N-methyl/N-ethyl adjacent to an activating group) is 1. The van der Waals surface area contributed by atoms with Gasteiger partial charge < -0.3 is 28.5 Å². The Labute approximate surface area is 570 Å². The van der Waals surface area contributed by atoms with Gasteiger partial charge in [0.25, 0.3) is 6.29 Å². The van der Waals surface area contributed by atoms with Crippen molar-refractivity contribution in [2.24, 2.45) is 0 Å². The van der Waals surface area contributed by atoms with E-state index in [2.05, 4.69) is 208 Å². The molecule has 2 unspecified atom stereocenters. The van der Waals surface area contributed by atoms with Gasteiger partial charge in [-0.05, 0) is 141 Å². The number of hydrogen-bond acceptors (Lipinski definition) is 7.